The van der Waals surface area contributed by atoms with Gasteiger partial charge in [0.15, 0.2) is 5.78 Å². The number of thioether (sulfide) groups is 1. The van der Waals surface area contributed by atoms with Crippen LogP contribution in [0, 0.1) is 24.7 Å². The van der Waals surface area contributed by atoms with Crippen molar-refractivity contribution in [1.29, 1.82) is 0 Å². The van der Waals surface area contributed by atoms with Crippen molar-refractivity contribution in [3.8, 4) is 0 Å². The van der Waals surface area contributed by atoms with E-state index in [9.17, 15) is 9.59 Å². The molecule has 1 aromatic carbocycles. The summed E-state index contributed by atoms with van der Waals surface area (Å²) in [6.07, 6.45) is 1.82. The molecule has 0 unspecified atom stereocenters. The highest BCUT2D eigenvalue weighted by Crippen LogP contribution is 2.00. The number of nitrogens with one attached hydrogen (secondary N) is 2. The molecule has 0 atom stereocenters. The fraction of sp³-hybridized carbons (Fsp3) is 0.722. The number of aryl methyl sites for hydroxylation is 1. The van der Waals surface area contributed by atoms with E-state index in [1.165, 1.54) is 5.56 Å². The highest BCUT2D eigenvalue weighted by atomic mass is 32.2. The maximum atomic E-state index is 11.5. The third-order valence-electron chi connectivity index (χ3n) is 4.28. The molecule has 0 aliphatic rings. The van der Waals surface area contributed by atoms with Crippen molar-refractivity contribution in [1.82, 2.24) is 25.6 Å². The normalized spacial score (nSPS) is 9.93. The van der Waals surface area contributed by atoms with E-state index in [1.54, 1.807) is 23.4 Å². The zero-order chi connectivity index (χ0) is 35.1. The first kappa shape index (κ1) is 48.9. The molecule has 8 heteroatoms. The van der Waals surface area contributed by atoms with Gasteiger partial charge in [-0.3, -0.25) is 9.59 Å². The maximum absolute atomic E-state index is 11.5. The van der Waals surface area contributed by atoms with Crippen molar-refractivity contribution >= 4 is 23.3 Å². The molecule has 1 aromatic heterocycles. The van der Waals surface area contributed by atoms with E-state index in [0.717, 1.165) is 29.8 Å². The van der Waals surface area contributed by atoms with Gasteiger partial charge in [-0.05, 0) is 25.7 Å². The SMILES string of the molecule is CC.CC(=O)CSCCNC(C)C.CC(C)C.CC(C)C.CC(C)NCc1cn(CC(=O)C(C)C)nn1.Cc1ccccc1. The molecule has 0 aliphatic heterocycles. The van der Waals surface area contributed by atoms with Crippen LogP contribution in [0.2, 0.25) is 0 Å². The van der Waals surface area contributed by atoms with Crippen LogP contribution >= 0.6 is 11.8 Å². The topological polar surface area (TPSA) is 88.9 Å². The molecule has 2 rings (SSSR count). The van der Waals surface area contributed by atoms with E-state index in [1.807, 2.05) is 52.1 Å². The van der Waals surface area contributed by atoms with Crippen LogP contribution < -0.4 is 10.6 Å². The minimum absolute atomic E-state index is 0.0430. The Labute approximate surface area is 277 Å². The van der Waals surface area contributed by atoms with Crippen molar-refractivity contribution in [3.63, 3.8) is 0 Å². The van der Waals surface area contributed by atoms with E-state index in [0.29, 0.717) is 30.9 Å². The van der Waals surface area contributed by atoms with E-state index in [2.05, 4.69) is 109 Å². The van der Waals surface area contributed by atoms with Gasteiger partial charge in [-0.15, -0.1) is 5.10 Å². The van der Waals surface area contributed by atoms with Gasteiger partial charge in [-0.25, -0.2) is 4.68 Å². The van der Waals surface area contributed by atoms with Gasteiger partial charge in [0.25, 0.3) is 0 Å². The van der Waals surface area contributed by atoms with Crippen LogP contribution in [0.1, 0.15) is 115 Å². The van der Waals surface area contributed by atoms with Crippen molar-refractivity contribution in [2.24, 2.45) is 17.8 Å². The van der Waals surface area contributed by atoms with Gasteiger partial charge >= 0.3 is 0 Å². The van der Waals surface area contributed by atoms with Crippen LogP contribution in [-0.4, -0.2) is 56.7 Å². The van der Waals surface area contributed by atoms with Gasteiger partial charge in [0.2, 0.25) is 0 Å². The maximum Gasteiger partial charge on any atom is 0.156 e. The molecule has 0 amide bonds. The summed E-state index contributed by atoms with van der Waals surface area (Å²) in [6, 6.07) is 11.2. The number of aromatic nitrogens is 3. The Morgan fingerprint density at radius 1 is 0.818 bits per heavy atom. The first-order valence-corrected chi connectivity index (χ1v) is 17.6. The van der Waals surface area contributed by atoms with Crippen LogP contribution in [0.25, 0.3) is 0 Å². The summed E-state index contributed by atoms with van der Waals surface area (Å²) in [4.78, 5) is 22.0. The lowest BCUT2D eigenvalue weighted by Gasteiger charge is -2.06. The highest BCUT2D eigenvalue weighted by molar-refractivity contribution is 7.99. The summed E-state index contributed by atoms with van der Waals surface area (Å²) in [5.41, 5.74) is 2.19. The molecule has 0 spiro atoms. The molecule has 0 aliphatic carbocycles. The fourth-order valence-electron chi connectivity index (χ4n) is 2.32. The van der Waals surface area contributed by atoms with Gasteiger partial charge in [0.05, 0.1) is 17.6 Å². The van der Waals surface area contributed by atoms with Gasteiger partial charge in [0, 0.05) is 36.8 Å². The first-order valence-electron chi connectivity index (χ1n) is 16.4. The van der Waals surface area contributed by atoms with Gasteiger partial charge in [-0.2, -0.15) is 11.8 Å². The minimum atomic E-state index is 0.0430. The number of carbonyl (C=O) groups is 2. The summed E-state index contributed by atoms with van der Waals surface area (Å²) in [6.45, 7) is 34.9. The third kappa shape index (κ3) is 46.9. The molecular formula is C36H71N5O2S. The predicted octanol–water partition coefficient (Wildman–Crippen LogP) is 8.65. The van der Waals surface area contributed by atoms with Crippen molar-refractivity contribution in [3.05, 3.63) is 47.8 Å². The number of nitrogens with zero attached hydrogens (tertiary/aromatic N) is 3. The number of hydrogen-bond acceptors (Lipinski definition) is 7. The summed E-state index contributed by atoms with van der Waals surface area (Å²) in [5, 5.41) is 14.5. The highest BCUT2D eigenvalue weighted by Gasteiger charge is 2.09. The summed E-state index contributed by atoms with van der Waals surface area (Å²) in [7, 11) is 0. The van der Waals surface area contributed by atoms with Crippen molar-refractivity contribution in [2.45, 2.75) is 136 Å². The average Bonchev–Trinajstić information content (AvgIpc) is 3.36. The second kappa shape index (κ2) is 33.9. The number of benzene rings is 1. The lowest BCUT2D eigenvalue weighted by molar-refractivity contribution is -0.122. The van der Waals surface area contributed by atoms with Gasteiger partial charge < -0.3 is 10.6 Å². The number of rotatable bonds is 12. The Morgan fingerprint density at radius 3 is 1.66 bits per heavy atom. The second-order valence-corrected chi connectivity index (χ2v) is 13.7. The largest absolute Gasteiger partial charge is 0.314 e. The van der Waals surface area contributed by atoms with Crippen molar-refractivity contribution in [2.75, 3.05) is 18.1 Å². The van der Waals surface area contributed by atoms with Crippen LogP contribution in [0.5, 0.6) is 0 Å². The van der Waals surface area contributed by atoms with Crippen LogP contribution in [0.15, 0.2) is 36.5 Å². The third-order valence-corrected chi connectivity index (χ3v) is 5.39. The Morgan fingerprint density at radius 2 is 1.30 bits per heavy atom. The number of ketones is 2. The standard InChI is InChI=1S/C11H20N4O.C8H17NOS.C7H8.2C4H10.C2H6/c1-8(2)11(16)7-15-6-10(13-14-15)5-12-9(3)4;1-7(2)9-4-5-11-6-8(3)10;1-7-5-3-2-4-6-7;2*1-4(2)3;1-2/h6,8-9,12H,5,7H2,1-4H3;7,9H,4-6H2,1-3H3;2-6H,1H3;2*4H,1-3H3;1-2H3. The number of Topliss-reactive ketones (excluding diaryl/α,β-unsaturated/α-hetero) is 2. The van der Waals surface area contributed by atoms with E-state index < -0.39 is 0 Å². The first-order chi connectivity index (χ1) is 20.5. The average molecular weight is 638 g/mol. The molecule has 0 bridgehead atoms. The molecule has 7 nitrogen and oxygen atoms in total. The molecule has 2 aromatic rings. The van der Waals surface area contributed by atoms with Crippen LogP contribution in [0.4, 0.5) is 0 Å². The summed E-state index contributed by atoms with van der Waals surface area (Å²) >= 11 is 1.69. The molecule has 1 heterocycles. The van der Waals surface area contributed by atoms with Gasteiger partial charge in [0.1, 0.15) is 12.3 Å². The lowest BCUT2D eigenvalue weighted by Crippen LogP contribution is -2.25. The molecule has 0 saturated carbocycles. The molecule has 0 fully saturated rings. The second-order valence-electron chi connectivity index (χ2n) is 12.5. The Hall–Kier alpha value is -2.03. The lowest BCUT2D eigenvalue weighted by atomic mass is 10.1. The van der Waals surface area contributed by atoms with E-state index in [4.69, 9.17) is 0 Å². The Balaban J connectivity index is -0.000000247. The molecule has 2 N–H and O–H groups in total. The molecule has 0 radical (unpaired) electrons. The fourth-order valence-corrected chi connectivity index (χ4v) is 3.01. The van der Waals surface area contributed by atoms with E-state index >= 15 is 0 Å². The molecule has 258 valence electrons. The van der Waals surface area contributed by atoms with Crippen LogP contribution in [-0.2, 0) is 22.7 Å². The minimum Gasteiger partial charge on any atom is -0.314 e. The predicted molar refractivity (Wildman–Crippen MR) is 197 cm³/mol. The Bertz CT molecular complexity index is 870. The van der Waals surface area contributed by atoms with Crippen molar-refractivity contribution < 1.29 is 9.59 Å². The van der Waals surface area contributed by atoms with Crippen LogP contribution in [0.3, 0.4) is 0 Å². The number of hydrogen-bond donors (Lipinski definition) is 2. The smallest absolute Gasteiger partial charge is 0.156 e. The molecule has 0 saturated heterocycles. The number of carbonyl (C=O) groups excluding carboxylic acids is 2. The Kier molecular flexibility index (Phi) is 37.6. The monoisotopic (exact) mass is 638 g/mol. The summed E-state index contributed by atoms with van der Waals surface area (Å²) < 4.78 is 1.60. The van der Waals surface area contributed by atoms with Gasteiger partial charge in [-0.1, -0.05) is 138 Å². The molecule has 44 heavy (non-hydrogen) atoms. The zero-order valence-corrected chi connectivity index (χ0v) is 32.3. The summed E-state index contributed by atoms with van der Waals surface area (Å²) in [5.74, 6) is 3.83. The van der Waals surface area contributed by atoms with E-state index in [-0.39, 0.29) is 17.5 Å². The molecular weight excluding hydrogens is 566 g/mol. The zero-order valence-electron chi connectivity index (χ0n) is 31.5. The quantitative estimate of drug-likeness (QED) is 0.225.